The van der Waals surface area contributed by atoms with E-state index in [4.69, 9.17) is 33.8 Å². The number of nitrogens with one attached hydrogen (secondary N) is 5. The van der Waals surface area contributed by atoms with Crippen molar-refractivity contribution < 1.29 is 33.9 Å². The summed E-state index contributed by atoms with van der Waals surface area (Å²) < 4.78 is 0. The number of rotatable bonds is 22. The summed E-state index contributed by atoms with van der Waals surface area (Å²) in [5.74, 6) is -5.17. The molecule has 0 aromatic rings. The van der Waals surface area contributed by atoms with Crippen LogP contribution in [0.25, 0.3) is 0 Å². The molecule has 0 aliphatic heterocycles. The Morgan fingerprint density at radius 2 is 1.02 bits per heavy atom. The second-order valence-electron chi connectivity index (χ2n) is 11.3. The molecule has 0 rings (SSSR count). The maximum Gasteiger partial charge on any atom is 0.327 e. The number of carboxylic acids is 1. The maximum absolute atomic E-state index is 13.4. The molecule has 0 saturated heterocycles. The van der Waals surface area contributed by atoms with Crippen molar-refractivity contribution in [3.8, 4) is 0 Å². The topological polar surface area (TPSA) is 338 Å². The molecule has 0 aromatic carbocycles. The second-order valence-corrected chi connectivity index (χ2v) is 11.7. The fourth-order valence-corrected chi connectivity index (χ4v) is 4.22. The third-order valence-electron chi connectivity index (χ3n) is 6.52. The Balaban J connectivity index is 5.78. The minimum absolute atomic E-state index is 0.0450. The van der Waals surface area contributed by atoms with E-state index in [0.29, 0.717) is 12.8 Å². The minimum Gasteiger partial charge on any atom is -0.480 e. The van der Waals surface area contributed by atoms with Crippen LogP contribution in [0, 0.1) is 5.92 Å². The normalized spacial score (nSPS) is 14.6. The molecule has 0 spiro atoms. The molecule has 16 N–H and O–H groups in total. The second kappa shape index (κ2) is 22.2. The zero-order valence-corrected chi connectivity index (χ0v) is 28.2. The van der Waals surface area contributed by atoms with Crippen LogP contribution in [-0.2, 0) is 28.8 Å². The number of hydrogen-bond donors (Lipinski definition) is 12. The highest BCUT2D eigenvalue weighted by Crippen LogP contribution is 2.07. The van der Waals surface area contributed by atoms with Crippen molar-refractivity contribution in [3.05, 3.63) is 0 Å². The van der Waals surface area contributed by atoms with Gasteiger partial charge in [-0.25, -0.2) is 4.79 Å². The van der Waals surface area contributed by atoms with Gasteiger partial charge in [-0.1, -0.05) is 13.8 Å². The van der Waals surface area contributed by atoms with Crippen LogP contribution >= 0.6 is 12.6 Å². The van der Waals surface area contributed by atoms with Crippen LogP contribution < -0.4 is 55.3 Å². The molecule has 19 nitrogen and oxygen atoms in total. The number of carboxylic acid groups (broad SMARTS) is 1. The van der Waals surface area contributed by atoms with Gasteiger partial charge in [0.1, 0.15) is 30.2 Å². The fraction of sp³-hybridized carbons (Fsp3) is 0.704. The summed E-state index contributed by atoms with van der Waals surface area (Å²) in [5, 5.41) is 21.5. The minimum atomic E-state index is -1.30. The summed E-state index contributed by atoms with van der Waals surface area (Å²) in [7, 11) is 0. The standard InChI is InChI=1S/C27H52N12O7S/c1-13(2)11-16(28)22(42)37-18(8-6-10-34-27(31)32)24(44)38-17(7-5-9-33-26(29)30)23(43)36-14(3)20(40)35-15(4)21(41)39-19(12-47)25(45)46/h13-19,47H,5-12,28H2,1-4H3,(H,35,40)(H,36,43)(H,37,42)(H,38,44)(H,39,41)(H,45,46)(H4,29,30,33)(H4,31,32,34)/t14-,15-,16-,17-,18-,19-/m0/s1. The number of nitrogens with zero attached hydrogens (tertiary/aromatic N) is 2. The first-order valence-electron chi connectivity index (χ1n) is 15.1. The van der Waals surface area contributed by atoms with Gasteiger partial charge in [-0.15, -0.1) is 0 Å². The van der Waals surface area contributed by atoms with Crippen molar-refractivity contribution in [2.45, 2.75) is 96.1 Å². The average Bonchev–Trinajstić information content (AvgIpc) is 2.97. The van der Waals surface area contributed by atoms with Crippen LogP contribution in [-0.4, -0.2) is 108 Å². The van der Waals surface area contributed by atoms with E-state index in [1.54, 1.807) is 0 Å². The van der Waals surface area contributed by atoms with E-state index in [2.05, 4.69) is 49.2 Å². The van der Waals surface area contributed by atoms with E-state index in [9.17, 15) is 28.8 Å². The van der Waals surface area contributed by atoms with Gasteiger partial charge in [0.25, 0.3) is 0 Å². The molecule has 47 heavy (non-hydrogen) atoms. The van der Waals surface area contributed by atoms with Crippen LogP contribution in [0.1, 0.15) is 59.8 Å². The van der Waals surface area contributed by atoms with E-state index >= 15 is 0 Å². The first kappa shape index (κ1) is 42.7. The molecule has 6 atom stereocenters. The molecular weight excluding hydrogens is 636 g/mol. The third-order valence-corrected chi connectivity index (χ3v) is 6.89. The number of nitrogens with two attached hydrogens (primary N) is 5. The summed E-state index contributed by atoms with van der Waals surface area (Å²) in [6, 6.07) is -6.77. The monoisotopic (exact) mass is 688 g/mol. The smallest absolute Gasteiger partial charge is 0.327 e. The number of thiol groups is 1. The Hall–Kier alpha value is -4.33. The van der Waals surface area contributed by atoms with Gasteiger partial charge < -0.3 is 60.4 Å². The molecule has 0 aliphatic carbocycles. The van der Waals surface area contributed by atoms with E-state index in [-0.39, 0.29) is 55.9 Å². The van der Waals surface area contributed by atoms with Crippen molar-refractivity contribution in [2.24, 2.45) is 44.6 Å². The summed E-state index contributed by atoms with van der Waals surface area (Å²) >= 11 is 3.88. The van der Waals surface area contributed by atoms with Gasteiger partial charge in [0.05, 0.1) is 6.04 Å². The Morgan fingerprint density at radius 1 is 0.638 bits per heavy atom. The molecule has 0 aromatic heterocycles. The zero-order chi connectivity index (χ0) is 36.3. The first-order valence-corrected chi connectivity index (χ1v) is 15.7. The lowest BCUT2D eigenvalue weighted by Crippen LogP contribution is -2.58. The molecule has 5 amide bonds. The molecular formula is C27H52N12O7S. The van der Waals surface area contributed by atoms with Crippen LogP contribution in [0.3, 0.4) is 0 Å². The van der Waals surface area contributed by atoms with Gasteiger partial charge in [-0.2, -0.15) is 12.6 Å². The number of aliphatic imine (C=N–C) groups is 2. The molecule has 0 bridgehead atoms. The van der Waals surface area contributed by atoms with E-state index in [1.165, 1.54) is 13.8 Å². The molecule has 0 heterocycles. The fourth-order valence-electron chi connectivity index (χ4n) is 3.98. The highest BCUT2D eigenvalue weighted by atomic mass is 32.1. The van der Waals surface area contributed by atoms with Crippen molar-refractivity contribution in [3.63, 3.8) is 0 Å². The highest BCUT2D eigenvalue weighted by Gasteiger charge is 2.30. The van der Waals surface area contributed by atoms with E-state index < -0.39 is 71.8 Å². The number of carbonyl (C=O) groups is 6. The quantitative estimate of drug-likeness (QED) is 0.0224. The van der Waals surface area contributed by atoms with Gasteiger partial charge in [0, 0.05) is 18.8 Å². The molecule has 268 valence electrons. The Bertz CT molecular complexity index is 1130. The summed E-state index contributed by atoms with van der Waals surface area (Å²) in [6.45, 7) is 6.79. The predicted molar refractivity (Wildman–Crippen MR) is 180 cm³/mol. The average molecular weight is 689 g/mol. The lowest BCUT2D eigenvalue weighted by atomic mass is 10.0. The molecule has 0 fully saturated rings. The SMILES string of the molecule is CC(C)C[C@H](N)C(=O)N[C@@H](CCCN=C(N)N)C(=O)N[C@@H](CCCN=C(N)N)C(=O)N[C@@H](C)C(=O)N[C@@H](C)C(=O)N[C@@H](CS)C(=O)O. The molecule has 20 heteroatoms. The summed E-state index contributed by atoms with van der Waals surface area (Å²) in [5.41, 5.74) is 27.5. The van der Waals surface area contributed by atoms with E-state index in [1.807, 2.05) is 13.8 Å². The van der Waals surface area contributed by atoms with Crippen LogP contribution in [0.4, 0.5) is 0 Å². The van der Waals surface area contributed by atoms with Gasteiger partial charge >= 0.3 is 5.97 Å². The Kier molecular flexibility index (Phi) is 20.2. The van der Waals surface area contributed by atoms with Gasteiger partial charge in [0.2, 0.25) is 29.5 Å². The van der Waals surface area contributed by atoms with Crippen LogP contribution in [0.2, 0.25) is 0 Å². The summed E-state index contributed by atoms with van der Waals surface area (Å²) in [6.07, 6.45) is 1.09. The number of carbonyl (C=O) groups excluding carboxylic acids is 5. The molecule has 0 saturated carbocycles. The van der Waals surface area contributed by atoms with Crippen LogP contribution in [0.5, 0.6) is 0 Å². The van der Waals surface area contributed by atoms with Crippen LogP contribution in [0.15, 0.2) is 9.98 Å². The number of hydrogen-bond acceptors (Lipinski definition) is 10. The van der Waals surface area contributed by atoms with Crippen molar-refractivity contribution in [1.29, 1.82) is 0 Å². The highest BCUT2D eigenvalue weighted by molar-refractivity contribution is 7.80. The molecule has 0 unspecified atom stereocenters. The number of guanidine groups is 2. The number of aliphatic carboxylic acids is 1. The van der Waals surface area contributed by atoms with Crippen molar-refractivity contribution >= 4 is 60.1 Å². The van der Waals surface area contributed by atoms with Gasteiger partial charge in [0.15, 0.2) is 11.9 Å². The maximum atomic E-state index is 13.4. The zero-order valence-electron chi connectivity index (χ0n) is 27.3. The van der Waals surface area contributed by atoms with Gasteiger partial charge in [-0.3, -0.25) is 34.0 Å². The van der Waals surface area contributed by atoms with Gasteiger partial charge in [-0.05, 0) is 51.9 Å². The Labute approximate surface area is 279 Å². The lowest BCUT2D eigenvalue weighted by Gasteiger charge is -2.25. The third kappa shape index (κ3) is 18.4. The first-order chi connectivity index (χ1) is 21.9. The Morgan fingerprint density at radius 3 is 1.43 bits per heavy atom. The number of amides is 5. The largest absolute Gasteiger partial charge is 0.480 e. The van der Waals surface area contributed by atoms with E-state index in [0.717, 1.165) is 0 Å². The lowest BCUT2D eigenvalue weighted by molar-refractivity contribution is -0.141. The molecule has 0 radical (unpaired) electrons. The van der Waals surface area contributed by atoms with Crippen molar-refractivity contribution in [1.82, 2.24) is 26.6 Å². The van der Waals surface area contributed by atoms with Crippen molar-refractivity contribution in [2.75, 3.05) is 18.8 Å². The molecule has 0 aliphatic rings. The summed E-state index contributed by atoms with van der Waals surface area (Å²) in [4.78, 5) is 83.6. The predicted octanol–water partition coefficient (Wildman–Crippen LogP) is -4.05.